The second kappa shape index (κ2) is 13.0. The molecule has 8 heteroatoms. The van der Waals surface area contributed by atoms with Crippen molar-refractivity contribution in [2.24, 2.45) is 5.41 Å². The quantitative estimate of drug-likeness (QED) is 0.296. The van der Waals surface area contributed by atoms with Crippen LogP contribution in [-0.4, -0.2) is 26.4 Å². The molecule has 2 aromatic rings. The molecule has 0 N–H and O–H groups in total. The van der Waals surface area contributed by atoms with Crippen molar-refractivity contribution >= 4 is 17.2 Å². The lowest BCUT2D eigenvalue weighted by atomic mass is 9.79. The molecule has 0 amide bonds. The van der Waals surface area contributed by atoms with Gasteiger partial charge in [-0.1, -0.05) is 119 Å². The van der Waals surface area contributed by atoms with E-state index in [1.54, 1.807) is 0 Å². The Morgan fingerprint density at radius 1 is 0.488 bits per heavy atom. The zero-order chi connectivity index (χ0) is 31.8. The number of hydrogen-bond donors (Lipinski definition) is 0. The summed E-state index contributed by atoms with van der Waals surface area (Å²) >= 11 is 0. The van der Waals surface area contributed by atoms with E-state index in [-0.39, 0.29) is 27.1 Å². The molecule has 2 aromatic carbocycles. The summed E-state index contributed by atoms with van der Waals surface area (Å²) in [4.78, 5) is 0. The molecule has 43 heavy (non-hydrogen) atoms. The Labute approximate surface area is 263 Å². The highest BCUT2D eigenvalue weighted by Crippen LogP contribution is 2.53. The van der Waals surface area contributed by atoms with Crippen LogP contribution in [-0.2, 0) is 62.0 Å². The van der Waals surface area contributed by atoms with Crippen LogP contribution < -0.4 is 0 Å². The highest BCUT2D eigenvalue weighted by atomic mass is 31.2. The maximum absolute atomic E-state index is 6.13. The minimum atomic E-state index is -1.43. The van der Waals surface area contributed by atoms with Gasteiger partial charge in [-0.15, -0.1) is 0 Å². The predicted octanol–water partition coefficient (Wildman–Crippen LogP) is 10.1. The Balaban J connectivity index is 1.28. The van der Waals surface area contributed by atoms with Crippen molar-refractivity contribution in [3.8, 4) is 0 Å². The van der Waals surface area contributed by atoms with Gasteiger partial charge in [-0.05, 0) is 55.0 Å². The highest BCUT2D eigenvalue weighted by molar-refractivity contribution is 7.42. The lowest BCUT2D eigenvalue weighted by Gasteiger charge is -2.41. The lowest BCUT2D eigenvalue weighted by molar-refractivity contribution is -0.0772. The Hall–Kier alpha value is -0.940. The first kappa shape index (κ1) is 34.9. The van der Waals surface area contributed by atoms with E-state index in [0.29, 0.717) is 39.6 Å². The van der Waals surface area contributed by atoms with Gasteiger partial charge in [0.05, 0.1) is 45.1 Å². The van der Waals surface area contributed by atoms with Gasteiger partial charge in [0.2, 0.25) is 0 Å². The fourth-order valence-corrected chi connectivity index (χ4v) is 7.24. The van der Waals surface area contributed by atoms with E-state index >= 15 is 0 Å². The van der Waals surface area contributed by atoms with E-state index in [4.69, 9.17) is 27.1 Å². The molecule has 0 unspecified atom stereocenters. The fourth-order valence-electron chi connectivity index (χ4n) is 4.77. The van der Waals surface area contributed by atoms with E-state index in [0.717, 1.165) is 11.1 Å². The van der Waals surface area contributed by atoms with E-state index in [2.05, 4.69) is 119 Å². The molecule has 0 atom stereocenters. The molecule has 4 rings (SSSR count). The van der Waals surface area contributed by atoms with Gasteiger partial charge >= 0.3 is 17.2 Å². The fraction of sp³-hybridized carbons (Fsp3) is 0.657. The minimum absolute atomic E-state index is 0.0570. The normalized spacial score (nSPS) is 24.0. The molecule has 0 saturated carbocycles. The molecular weight excluding hydrogens is 578 g/mol. The van der Waals surface area contributed by atoms with Crippen LogP contribution in [0.1, 0.15) is 116 Å². The van der Waals surface area contributed by atoms with Gasteiger partial charge in [0.25, 0.3) is 0 Å². The maximum atomic E-state index is 6.13. The Morgan fingerprint density at radius 3 is 0.977 bits per heavy atom. The van der Waals surface area contributed by atoms with Crippen LogP contribution in [0.15, 0.2) is 36.4 Å². The molecule has 0 aliphatic carbocycles. The van der Waals surface area contributed by atoms with Crippen LogP contribution in [0.2, 0.25) is 0 Å². The third-order valence-electron chi connectivity index (χ3n) is 8.03. The molecule has 6 nitrogen and oxygen atoms in total. The van der Waals surface area contributed by atoms with Crippen LogP contribution >= 0.6 is 17.2 Å². The molecule has 0 aromatic heterocycles. The second-order valence-electron chi connectivity index (χ2n) is 16.4. The van der Waals surface area contributed by atoms with Crippen molar-refractivity contribution < 1.29 is 27.1 Å². The van der Waals surface area contributed by atoms with Crippen molar-refractivity contribution in [2.75, 3.05) is 26.4 Å². The van der Waals surface area contributed by atoms with Crippen molar-refractivity contribution in [1.29, 1.82) is 0 Å². The van der Waals surface area contributed by atoms with Gasteiger partial charge in [0.1, 0.15) is 0 Å². The van der Waals surface area contributed by atoms with Gasteiger partial charge in [-0.25, -0.2) is 0 Å². The third-order valence-corrected chi connectivity index (χ3v) is 10.1. The molecule has 0 bridgehead atoms. The zero-order valence-electron chi connectivity index (χ0n) is 28.6. The molecule has 1 spiro atoms. The summed E-state index contributed by atoms with van der Waals surface area (Å²) in [5, 5.41) is 0. The van der Waals surface area contributed by atoms with Crippen LogP contribution in [0.4, 0.5) is 0 Å². The third kappa shape index (κ3) is 9.53. The highest BCUT2D eigenvalue weighted by Gasteiger charge is 2.44. The average molecular weight is 633 g/mol. The summed E-state index contributed by atoms with van der Waals surface area (Å²) in [6.45, 7) is 29.7. The SMILES string of the molecule is CC(C)(C)c1cc(COP2OCC3(CO2)COP(OCc2cc(C(C)(C)C)cc(C(C)(C)C)c2)OC3)cc(C(C)(C)C)c1. The monoisotopic (exact) mass is 632 g/mol. The minimum Gasteiger partial charge on any atom is -0.311 e. The summed E-state index contributed by atoms with van der Waals surface area (Å²) in [6, 6.07) is 13.6. The van der Waals surface area contributed by atoms with Crippen LogP contribution in [0.25, 0.3) is 0 Å². The standard InChI is InChI=1S/C35H54O6P2/c1-31(2,3)27-13-25(14-28(17-27)32(4,5)6)19-36-42-38-21-35(22-39-42)23-40-43(41-24-35)37-20-26-15-29(33(7,8)9)18-30(16-26)34(10,11)12/h13-18H,19-24H2,1-12H3. The average Bonchev–Trinajstić information content (AvgIpc) is 2.90. The van der Waals surface area contributed by atoms with Gasteiger partial charge in [0.15, 0.2) is 0 Å². The molecule has 2 aliphatic heterocycles. The lowest BCUT2D eigenvalue weighted by Crippen LogP contribution is -2.44. The Morgan fingerprint density at radius 2 is 0.744 bits per heavy atom. The first-order valence-corrected chi connectivity index (χ1v) is 17.6. The van der Waals surface area contributed by atoms with Crippen LogP contribution in [0.5, 0.6) is 0 Å². The van der Waals surface area contributed by atoms with Gasteiger partial charge < -0.3 is 27.1 Å². The van der Waals surface area contributed by atoms with Gasteiger partial charge in [0, 0.05) is 0 Å². The van der Waals surface area contributed by atoms with Gasteiger partial charge in [-0.2, -0.15) is 0 Å². The zero-order valence-corrected chi connectivity index (χ0v) is 30.3. The van der Waals surface area contributed by atoms with Crippen LogP contribution in [0.3, 0.4) is 0 Å². The summed E-state index contributed by atoms with van der Waals surface area (Å²) in [5.41, 5.74) is 7.40. The summed E-state index contributed by atoms with van der Waals surface area (Å²) in [7, 11) is -2.87. The van der Waals surface area contributed by atoms with Crippen molar-refractivity contribution in [2.45, 2.75) is 118 Å². The summed E-state index contributed by atoms with van der Waals surface area (Å²) in [5.74, 6) is 0. The van der Waals surface area contributed by atoms with E-state index < -0.39 is 17.2 Å². The smallest absolute Gasteiger partial charge is 0.311 e. The van der Waals surface area contributed by atoms with E-state index in [1.807, 2.05) is 0 Å². The topological polar surface area (TPSA) is 55.4 Å². The largest absolute Gasteiger partial charge is 0.333 e. The number of rotatable bonds is 6. The predicted molar refractivity (Wildman–Crippen MR) is 177 cm³/mol. The maximum Gasteiger partial charge on any atom is 0.333 e. The molecule has 2 aliphatic rings. The van der Waals surface area contributed by atoms with E-state index in [1.165, 1.54) is 22.3 Å². The first-order valence-electron chi connectivity index (χ1n) is 15.4. The molecule has 240 valence electrons. The molecule has 2 saturated heterocycles. The Kier molecular flexibility index (Phi) is 10.6. The molecule has 2 fully saturated rings. The van der Waals surface area contributed by atoms with Crippen molar-refractivity contribution in [1.82, 2.24) is 0 Å². The number of benzene rings is 2. The summed E-state index contributed by atoms with van der Waals surface area (Å²) < 4.78 is 36.5. The summed E-state index contributed by atoms with van der Waals surface area (Å²) in [6.07, 6.45) is 0. The van der Waals surface area contributed by atoms with Crippen molar-refractivity contribution in [3.05, 3.63) is 69.8 Å². The molecular formula is C35H54O6P2. The van der Waals surface area contributed by atoms with Gasteiger partial charge in [-0.3, -0.25) is 0 Å². The molecule has 0 radical (unpaired) electrons. The first-order chi connectivity index (χ1) is 19.7. The van der Waals surface area contributed by atoms with E-state index in [9.17, 15) is 0 Å². The molecule has 2 heterocycles. The number of hydrogen-bond acceptors (Lipinski definition) is 6. The Bertz CT molecular complexity index is 1070. The second-order valence-corrected chi connectivity index (χ2v) is 18.9. The van der Waals surface area contributed by atoms with Crippen molar-refractivity contribution in [3.63, 3.8) is 0 Å². The van der Waals surface area contributed by atoms with Crippen LogP contribution in [0, 0.1) is 5.41 Å².